The fraction of sp³-hybridized carbons (Fsp3) is 0.158. The number of halogens is 1. The minimum absolute atomic E-state index is 0.00694. The Morgan fingerprint density at radius 1 is 1.08 bits per heavy atom. The number of fused-ring (bicyclic) bond motifs is 1. The molecule has 1 aliphatic rings. The quantitative estimate of drug-likeness (QED) is 0.723. The molecule has 2 aromatic carbocycles. The Kier molecular flexibility index (Phi) is 3.61. The molecule has 5 heteroatoms. The smallest absolute Gasteiger partial charge is 0.254 e. The molecule has 0 radical (unpaired) electrons. The molecule has 120 valence electrons. The molecule has 0 saturated heterocycles. The van der Waals surface area contributed by atoms with Crippen LogP contribution in [0.5, 0.6) is 0 Å². The van der Waals surface area contributed by atoms with Crippen molar-refractivity contribution < 1.29 is 13.7 Å². The molecule has 2 heterocycles. The Labute approximate surface area is 138 Å². The third-order valence-electron chi connectivity index (χ3n) is 4.25. The van der Waals surface area contributed by atoms with Crippen molar-refractivity contribution in [1.82, 2.24) is 10.1 Å². The largest absolute Gasteiger partial charge is 0.356 e. The lowest BCUT2D eigenvalue weighted by atomic mass is 10.0. The van der Waals surface area contributed by atoms with E-state index in [4.69, 9.17) is 4.52 Å². The molecule has 0 unspecified atom stereocenters. The maximum atomic E-state index is 13.1. The van der Waals surface area contributed by atoms with Crippen molar-refractivity contribution >= 4 is 5.91 Å². The van der Waals surface area contributed by atoms with E-state index in [0.717, 1.165) is 16.8 Å². The van der Waals surface area contributed by atoms with Crippen LogP contribution >= 0.6 is 0 Å². The van der Waals surface area contributed by atoms with E-state index in [9.17, 15) is 9.18 Å². The van der Waals surface area contributed by atoms with Gasteiger partial charge in [-0.25, -0.2) is 4.39 Å². The summed E-state index contributed by atoms with van der Waals surface area (Å²) in [6.07, 6.45) is 0.651. The van der Waals surface area contributed by atoms with Crippen molar-refractivity contribution in [1.29, 1.82) is 0 Å². The molecule has 0 bridgehead atoms. The van der Waals surface area contributed by atoms with E-state index in [1.54, 1.807) is 17.0 Å². The highest BCUT2D eigenvalue weighted by Crippen LogP contribution is 2.31. The lowest BCUT2D eigenvalue weighted by Crippen LogP contribution is -2.35. The van der Waals surface area contributed by atoms with Crippen molar-refractivity contribution in [3.63, 3.8) is 0 Å². The van der Waals surface area contributed by atoms with E-state index >= 15 is 0 Å². The average molecular weight is 322 g/mol. The predicted octanol–water partition coefficient (Wildman–Crippen LogP) is 3.68. The number of hydrogen-bond acceptors (Lipinski definition) is 3. The van der Waals surface area contributed by atoms with Crippen LogP contribution in [-0.2, 0) is 13.0 Å². The Bertz CT molecular complexity index is 872. The number of nitrogens with zero attached hydrogens (tertiary/aromatic N) is 2. The van der Waals surface area contributed by atoms with Crippen molar-refractivity contribution in [3.05, 3.63) is 77.2 Å². The molecular weight excluding hydrogens is 307 g/mol. The van der Waals surface area contributed by atoms with Crippen molar-refractivity contribution in [2.45, 2.75) is 13.0 Å². The van der Waals surface area contributed by atoms with Gasteiger partial charge in [0.2, 0.25) is 0 Å². The molecule has 0 saturated carbocycles. The molecule has 0 spiro atoms. The van der Waals surface area contributed by atoms with E-state index in [0.29, 0.717) is 30.8 Å². The van der Waals surface area contributed by atoms with E-state index in [-0.39, 0.29) is 11.7 Å². The van der Waals surface area contributed by atoms with Gasteiger partial charge in [0.25, 0.3) is 5.91 Å². The summed E-state index contributed by atoms with van der Waals surface area (Å²) in [6, 6.07) is 15.3. The van der Waals surface area contributed by atoms with Crippen LogP contribution in [0.4, 0.5) is 4.39 Å². The molecule has 24 heavy (non-hydrogen) atoms. The van der Waals surface area contributed by atoms with Crippen molar-refractivity contribution in [2.24, 2.45) is 0 Å². The van der Waals surface area contributed by atoms with Gasteiger partial charge in [-0.05, 0) is 36.4 Å². The molecule has 4 nitrogen and oxygen atoms in total. The summed E-state index contributed by atoms with van der Waals surface area (Å²) in [5.41, 5.74) is 3.20. The average Bonchev–Trinajstić information content (AvgIpc) is 3.05. The maximum Gasteiger partial charge on any atom is 0.254 e. The zero-order valence-corrected chi connectivity index (χ0v) is 12.9. The second-order valence-electron chi connectivity index (χ2n) is 5.79. The molecule has 0 N–H and O–H groups in total. The first-order valence-electron chi connectivity index (χ1n) is 7.80. The first-order valence-corrected chi connectivity index (χ1v) is 7.80. The van der Waals surface area contributed by atoms with Crippen LogP contribution in [0.1, 0.15) is 21.6 Å². The molecule has 0 fully saturated rings. The predicted molar refractivity (Wildman–Crippen MR) is 86.8 cm³/mol. The van der Waals surface area contributed by atoms with Gasteiger partial charge in [0.15, 0.2) is 5.76 Å². The van der Waals surface area contributed by atoms with Gasteiger partial charge in [-0.3, -0.25) is 4.79 Å². The summed E-state index contributed by atoms with van der Waals surface area (Å²) in [7, 11) is 0. The Hall–Kier alpha value is -2.95. The molecular formula is C19H15FN2O2. The van der Waals surface area contributed by atoms with Gasteiger partial charge >= 0.3 is 0 Å². The minimum atomic E-state index is -0.298. The maximum absolute atomic E-state index is 13.1. The monoisotopic (exact) mass is 322 g/mol. The standard InChI is InChI=1S/C19H15FN2O2/c20-15-8-6-13(7-9-15)18-16-12-22(11-10-17(16)21-24-18)19(23)14-4-2-1-3-5-14/h1-9H,10-12H2. The number of amides is 1. The zero-order chi connectivity index (χ0) is 16.5. The molecule has 0 atom stereocenters. The fourth-order valence-corrected chi connectivity index (χ4v) is 2.98. The summed E-state index contributed by atoms with van der Waals surface area (Å²) in [6.45, 7) is 1.05. The number of rotatable bonds is 2. The van der Waals surface area contributed by atoms with Crippen molar-refractivity contribution in [2.75, 3.05) is 6.54 Å². The minimum Gasteiger partial charge on any atom is -0.356 e. The third-order valence-corrected chi connectivity index (χ3v) is 4.25. The van der Waals surface area contributed by atoms with Gasteiger partial charge < -0.3 is 9.42 Å². The van der Waals surface area contributed by atoms with E-state index < -0.39 is 0 Å². The number of carbonyl (C=O) groups excluding carboxylic acids is 1. The van der Waals surface area contributed by atoms with Gasteiger partial charge in [0.05, 0.1) is 12.2 Å². The Morgan fingerprint density at radius 2 is 1.83 bits per heavy atom. The summed E-state index contributed by atoms with van der Waals surface area (Å²) < 4.78 is 18.6. The number of carbonyl (C=O) groups is 1. The molecule has 3 aromatic rings. The Balaban J connectivity index is 1.64. The zero-order valence-electron chi connectivity index (χ0n) is 12.9. The molecule has 0 aliphatic carbocycles. The lowest BCUT2D eigenvalue weighted by molar-refractivity contribution is 0.0734. The highest BCUT2D eigenvalue weighted by molar-refractivity contribution is 5.94. The highest BCUT2D eigenvalue weighted by atomic mass is 19.1. The topological polar surface area (TPSA) is 46.3 Å². The van der Waals surface area contributed by atoms with Crippen LogP contribution in [-0.4, -0.2) is 22.5 Å². The van der Waals surface area contributed by atoms with Crippen molar-refractivity contribution in [3.8, 4) is 11.3 Å². The fourth-order valence-electron chi connectivity index (χ4n) is 2.98. The van der Waals surface area contributed by atoms with Crippen LogP contribution in [0.25, 0.3) is 11.3 Å². The van der Waals surface area contributed by atoms with E-state index in [2.05, 4.69) is 5.16 Å². The normalized spacial score (nSPS) is 13.6. The van der Waals surface area contributed by atoms with Crippen LogP contribution in [0.15, 0.2) is 59.1 Å². The van der Waals surface area contributed by atoms with Gasteiger partial charge in [-0.1, -0.05) is 23.4 Å². The van der Waals surface area contributed by atoms with Crippen LogP contribution < -0.4 is 0 Å². The molecule has 1 aliphatic heterocycles. The summed E-state index contributed by atoms with van der Waals surface area (Å²) in [4.78, 5) is 14.4. The number of benzene rings is 2. The van der Waals surface area contributed by atoms with Crippen LogP contribution in [0, 0.1) is 5.82 Å². The first kappa shape index (κ1) is 14.6. The number of hydrogen-bond donors (Lipinski definition) is 0. The summed E-state index contributed by atoms with van der Waals surface area (Å²) >= 11 is 0. The van der Waals surface area contributed by atoms with Crippen LogP contribution in [0.3, 0.4) is 0 Å². The summed E-state index contributed by atoms with van der Waals surface area (Å²) in [5, 5.41) is 4.12. The lowest BCUT2D eigenvalue weighted by Gasteiger charge is -2.26. The number of aromatic nitrogens is 1. The highest BCUT2D eigenvalue weighted by Gasteiger charge is 2.27. The molecule has 4 rings (SSSR count). The second-order valence-corrected chi connectivity index (χ2v) is 5.79. The second kappa shape index (κ2) is 5.92. The van der Waals surface area contributed by atoms with Gasteiger partial charge in [0.1, 0.15) is 5.82 Å². The van der Waals surface area contributed by atoms with Gasteiger partial charge in [-0.2, -0.15) is 0 Å². The molecule has 1 aromatic heterocycles. The van der Waals surface area contributed by atoms with E-state index in [1.165, 1.54) is 12.1 Å². The first-order chi connectivity index (χ1) is 11.7. The van der Waals surface area contributed by atoms with Gasteiger partial charge in [0, 0.05) is 29.7 Å². The molecule has 1 amide bonds. The van der Waals surface area contributed by atoms with Gasteiger partial charge in [-0.15, -0.1) is 0 Å². The SMILES string of the molecule is O=C(c1ccccc1)N1CCc2noc(-c3ccc(F)cc3)c2C1. The van der Waals surface area contributed by atoms with Crippen LogP contribution in [0.2, 0.25) is 0 Å². The van der Waals surface area contributed by atoms with E-state index in [1.807, 2.05) is 30.3 Å². The third kappa shape index (κ3) is 2.58. The Morgan fingerprint density at radius 3 is 2.58 bits per heavy atom. The summed E-state index contributed by atoms with van der Waals surface area (Å²) in [5.74, 6) is 0.302.